The second-order valence-corrected chi connectivity index (χ2v) is 22.0. The molecule has 0 N–H and O–H groups in total. The molecule has 0 rings (SSSR count). The number of rotatable bonds is 60. The van der Waals surface area contributed by atoms with Crippen LogP contribution in [-0.4, -0.2) is 37.2 Å². The highest BCUT2D eigenvalue weighted by Gasteiger charge is 2.19. The van der Waals surface area contributed by atoms with Crippen molar-refractivity contribution in [1.82, 2.24) is 0 Å². The van der Waals surface area contributed by atoms with Gasteiger partial charge in [-0.05, 0) is 83.5 Å². The van der Waals surface area contributed by atoms with Crippen LogP contribution in [0.2, 0.25) is 0 Å². The van der Waals surface area contributed by atoms with Gasteiger partial charge in [0.1, 0.15) is 13.2 Å². The third-order valence-corrected chi connectivity index (χ3v) is 14.6. The molecule has 1 atom stereocenters. The van der Waals surface area contributed by atoms with Crippen LogP contribution in [0.5, 0.6) is 0 Å². The Bertz CT molecular complexity index is 1280. The SMILES string of the molecule is CCCCCC/C=C\CCCCCCCC(=O)OCC(COC(=O)CCCCCCCCCC/C=C\C/C=C\C/C=C\CCCCCCC)OC(=O)CCCCCCCCCCCCCCCCCCCCCC. The van der Waals surface area contributed by atoms with Crippen molar-refractivity contribution in [3.8, 4) is 0 Å². The molecule has 0 aromatic carbocycles. The van der Waals surface area contributed by atoms with Gasteiger partial charge in [0.15, 0.2) is 6.10 Å². The van der Waals surface area contributed by atoms with Crippen molar-refractivity contribution in [3.63, 3.8) is 0 Å². The maximum atomic E-state index is 12.9. The second-order valence-electron chi connectivity index (χ2n) is 22.0. The summed E-state index contributed by atoms with van der Waals surface area (Å²) in [5, 5.41) is 0. The Morgan fingerprint density at radius 3 is 0.784 bits per heavy atom. The molecule has 0 aromatic heterocycles. The number of esters is 3. The van der Waals surface area contributed by atoms with Gasteiger partial charge in [0.2, 0.25) is 0 Å². The normalized spacial score (nSPS) is 12.3. The van der Waals surface area contributed by atoms with Crippen LogP contribution in [0.1, 0.15) is 348 Å². The maximum absolute atomic E-state index is 12.9. The Labute approximate surface area is 460 Å². The first-order chi connectivity index (χ1) is 36.5. The molecule has 1 unspecified atom stereocenters. The van der Waals surface area contributed by atoms with Crippen LogP contribution in [0, 0.1) is 0 Å². The number of hydrogen-bond acceptors (Lipinski definition) is 6. The van der Waals surface area contributed by atoms with E-state index in [-0.39, 0.29) is 31.1 Å². The molecule has 0 fully saturated rings. The van der Waals surface area contributed by atoms with Crippen LogP contribution in [0.3, 0.4) is 0 Å². The van der Waals surface area contributed by atoms with Crippen LogP contribution in [0.15, 0.2) is 48.6 Å². The van der Waals surface area contributed by atoms with Crippen molar-refractivity contribution in [2.45, 2.75) is 354 Å². The third-order valence-electron chi connectivity index (χ3n) is 14.6. The summed E-state index contributed by atoms with van der Waals surface area (Å²) in [5.74, 6) is -0.870. The van der Waals surface area contributed by atoms with Gasteiger partial charge < -0.3 is 14.2 Å². The Hall–Kier alpha value is -2.63. The van der Waals surface area contributed by atoms with Crippen molar-refractivity contribution in [1.29, 1.82) is 0 Å². The van der Waals surface area contributed by atoms with Gasteiger partial charge in [-0.3, -0.25) is 14.4 Å². The van der Waals surface area contributed by atoms with E-state index < -0.39 is 6.10 Å². The summed E-state index contributed by atoms with van der Waals surface area (Å²) < 4.78 is 16.9. The zero-order valence-corrected chi connectivity index (χ0v) is 49.6. The van der Waals surface area contributed by atoms with E-state index in [1.54, 1.807) is 0 Å². The van der Waals surface area contributed by atoms with Gasteiger partial charge in [-0.2, -0.15) is 0 Å². The van der Waals surface area contributed by atoms with E-state index in [9.17, 15) is 14.4 Å². The first kappa shape index (κ1) is 71.4. The Morgan fingerprint density at radius 2 is 0.486 bits per heavy atom. The molecule has 0 spiro atoms. The molecule has 0 aliphatic carbocycles. The maximum Gasteiger partial charge on any atom is 0.306 e. The highest BCUT2D eigenvalue weighted by Crippen LogP contribution is 2.17. The molecule has 0 saturated heterocycles. The number of allylic oxidation sites excluding steroid dienone is 8. The molecule has 0 aliphatic rings. The fourth-order valence-electron chi connectivity index (χ4n) is 9.62. The van der Waals surface area contributed by atoms with E-state index in [2.05, 4.69) is 69.4 Å². The summed E-state index contributed by atoms with van der Waals surface area (Å²) in [6.07, 6.45) is 78.3. The second kappa shape index (κ2) is 62.9. The van der Waals surface area contributed by atoms with Gasteiger partial charge in [-0.15, -0.1) is 0 Å². The van der Waals surface area contributed by atoms with E-state index in [4.69, 9.17) is 14.2 Å². The smallest absolute Gasteiger partial charge is 0.306 e. The minimum Gasteiger partial charge on any atom is -0.462 e. The molecule has 0 heterocycles. The first-order valence-corrected chi connectivity index (χ1v) is 32.6. The highest BCUT2D eigenvalue weighted by molar-refractivity contribution is 5.71. The molecule has 74 heavy (non-hydrogen) atoms. The van der Waals surface area contributed by atoms with Crippen molar-refractivity contribution >= 4 is 17.9 Å². The summed E-state index contributed by atoms with van der Waals surface area (Å²) in [7, 11) is 0. The lowest BCUT2D eigenvalue weighted by Crippen LogP contribution is -2.30. The van der Waals surface area contributed by atoms with Crippen molar-refractivity contribution < 1.29 is 28.6 Å². The van der Waals surface area contributed by atoms with Crippen molar-refractivity contribution in [3.05, 3.63) is 48.6 Å². The number of carbonyl (C=O) groups excluding carboxylic acids is 3. The largest absolute Gasteiger partial charge is 0.462 e. The Morgan fingerprint density at radius 1 is 0.270 bits per heavy atom. The summed E-state index contributed by atoms with van der Waals surface area (Å²) in [6, 6.07) is 0. The molecule has 6 nitrogen and oxygen atoms in total. The van der Waals surface area contributed by atoms with Gasteiger partial charge in [0.05, 0.1) is 0 Å². The monoisotopic (exact) mass is 1040 g/mol. The lowest BCUT2D eigenvalue weighted by atomic mass is 10.0. The molecule has 0 bridgehead atoms. The fourth-order valence-corrected chi connectivity index (χ4v) is 9.62. The number of ether oxygens (including phenoxy) is 3. The summed E-state index contributed by atoms with van der Waals surface area (Å²) >= 11 is 0. The summed E-state index contributed by atoms with van der Waals surface area (Å²) in [5.41, 5.74) is 0. The zero-order chi connectivity index (χ0) is 53.6. The molecular weight excluding hydrogens is 913 g/mol. The fraction of sp³-hybridized carbons (Fsp3) is 0.838. The summed E-state index contributed by atoms with van der Waals surface area (Å²) in [6.45, 7) is 6.65. The third kappa shape index (κ3) is 60.2. The van der Waals surface area contributed by atoms with Gasteiger partial charge in [0.25, 0.3) is 0 Å². The molecule has 0 amide bonds. The summed E-state index contributed by atoms with van der Waals surface area (Å²) in [4.78, 5) is 38.3. The lowest BCUT2D eigenvalue weighted by Gasteiger charge is -2.18. The number of unbranched alkanes of at least 4 members (excludes halogenated alkanes) is 41. The highest BCUT2D eigenvalue weighted by atomic mass is 16.6. The van der Waals surface area contributed by atoms with Gasteiger partial charge in [0, 0.05) is 19.3 Å². The van der Waals surface area contributed by atoms with Crippen LogP contribution in [-0.2, 0) is 28.6 Å². The van der Waals surface area contributed by atoms with Crippen molar-refractivity contribution in [2.24, 2.45) is 0 Å². The van der Waals surface area contributed by atoms with Crippen LogP contribution < -0.4 is 0 Å². The average Bonchev–Trinajstić information content (AvgIpc) is 3.40. The van der Waals surface area contributed by atoms with E-state index in [1.807, 2.05) is 0 Å². The minimum atomic E-state index is -0.778. The van der Waals surface area contributed by atoms with Gasteiger partial charge in [-0.25, -0.2) is 0 Å². The topological polar surface area (TPSA) is 78.9 Å². The molecule has 6 heteroatoms. The Kier molecular flexibility index (Phi) is 60.7. The molecule has 0 aliphatic heterocycles. The standard InChI is InChI=1S/C68H124O6/c1-4-7-10-13-16-19-22-25-27-29-31-33-34-35-37-38-40-43-46-49-52-55-58-61-67(70)73-64-65(63-72-66(69)60-57-54-51-48-45-42-24-21-18-15-12-9-6-3)74-68(71)62-59-56-53-50-47-44-41-39-36-32-30-28-26-23-20-17-14-11-8-5-2/h21-22,24-25,29,31,34-35,65H,4-20,23,26-28,30,32-33,36-64H2,1-3H3/b24-21-,25-22-,31-29-,35-34-. The quantitative estimate of drug-likeness (QED) is 0.0261. The van der Waals surface area contributed by atoms with E-state index >= 15 is 0 Å². The molecule has 0 saturated carbocycles. The number of hydrogen-bond donors (Lipinski definition) is 0. The van der Waals surface area contributed by atoms with Gasteiger partial charge in [-0.1, -0.05) is 294 Å². The molecular formula is C68H124O6. The zero-order valence-electron chi connectivity index (χ0n) is 49.6. The first-order valence-electron chi connectivity index (χ1n) is 32.6. The minimum absolute atomic E-state index is 0.0763. The van der Waals surface area contributed by atoms with E-state index in [1.165, 1.54) is 225 Å². The molecule has 0 radical (unpaired) electrons. The van der Waals surface area contributed by atoms with Crippen LogP contribution in [0.4, 0.5) is 0 Å². The van der Waals surface area contributed by atoms with Crippen LogP contribution >= 0.6 is 0 Å². The lowest BCUT2D eigenvalue weighted by molar-refractivity contribution is -0.167. The predicted molar refractivity (Wildman–Crippen MR) is 321 cm³/mol. The average molecular weight is 1040 g/mol. The van der Waals surface area contributed by atoms with Crippen molar-refractivity contribution in [2.75, 3.05) is 13.2 Å². The number of carbonyl (C=O) groups is 3. The predicted octanol–water partition coefficient (Wildman–Crippen LogP) is 22.2. The van der Waals surface area contributed by atoms with E-state index in [0.29, 0.717) is 19.3 Å². The van der Waals surface area contributed by atoms with Gasteiger partial charge >= 0.3 is 17.9 Å². The molecule has 0 aromatic rings. The Balaban J connectivity index is 4.31. The van der Waals surface area contributed by atoms with Crippen LogP contribution in [0.25, 0.3) is 0 Å². The van der Waals surface area contributed by atoms with E-state index in [0.717, 1.165) is 83.5 Å². The molecule has 432 valence electrons.